The molecule has 1 aromatic carbocycles. The fourth-order valence-electron chi connectivity index (χ4n) is 2.87. The molecule has 0 bridgehead atoms. The zero-order chi connectivity index (χ0) is 17.7. The first-order valence-corrected chi connectivity index (χ1v) is 8.32. The summed E-state index contributed by atoms with van der Waals surface area (Å²) in [4.78, 5) is 12.3. The lowest BCUT2D eigenvalue weighted by Crippen LogP contribution is -2.24. The number of nitrogens with two attached hydrogens (primary N) is 1. The topological polar surface area (TPSA) is 67.1 Å². The van der Waals surface area contributed by atoms with Gasteiger partial charge in [0.15, 0.2) is 0 Å². The number of halogens is 4. The van der Waals surface area contributed by atoms with E-state index in [-0.39, 0.29) is 36.0 Å². The van der Waals surface area contributed by atoms with E-state index in [2.05, 4.69) is 10.6 Å². The predicted octanol–water partition coefficient (Wildman–Crippen LogP) is 4.41. The number of alkyl halides is 3. The van der Waals surface area contributed by atoms with Crippen molar-refractivity contribution in [3.05, 3.63) is 23.8 Å². The Morgan fingerprint density at radius 2 is 2.00 bits per heavy atom. The van der Waals surface area contributed by atoms with E-state index in [0.29, 0.717) is 25.1 Å². The van der Waals surface area contributed by atoms with Gasteiger partial charge in [0, 0.05) is 18.5 Å². The molecule has 0 spiro atoms. The molecule has 1 aromatic rings. The normalized spacial score (nSPS) is 20.0. The van der Waals surface area contributed by atoms with Crippen LogP contribution in [0.25, 0.3) is 0 Å². The van der Waals surface area contributed by atoms with Crippen molar-refractivity contribution in [2.24, 2.45) is 11.7 Å². The van der Waals surface area contributed by atoms with Crippen LogP contribution in [0.3, 0.4) is 0 Å². The SMILES string of the molecule is CCCCNc1ccc(C(F)(F)F)cc1NC(=O)C1CCC(N)C1.Cl. The average Bonchev–Trinajstić information content (AvgIpc) is 2.94. The summed E-state index contributed by atoms with van der Waals surface area (Å²) in [5.74, 6) is -0.501. The lowest BCUT2D eigenvalue weighted by atomic mass is 10.1. The number of unbranched alkanes of at least 4 members (excludes halogenated alkanes) is 1. The average molecular weight is 380 g/mol. The Bertz CT molecular complexity index is 581. The molecule has 1 aliphatic rings. The number of carbonyl (C=O) groups is 1. The van der Waals surface area contributed by atoms with Crippen molar-refractivity contribution in [2.45, 2.75) is 51.2 Å². The lowest BCUT2D eigenvalue weighted by Gasteiger charge is -2.17. The molecule has 1 aliphatic carbocycles. The van der Waals surface area contributed by atoms with Crippen molar-refractivity contribution in [2.75, 3.05) is 17.2 Å². The number of hydrogen-bond acceptors (Lipinski definition) is 3. The molecule has 1 amide bonds. The highest BCUT2D eigenvalue weighted by atomic mass is 35.5. The molecule has 8 heteroatoms. The van der Waals surface area contributed by atoms with Crippen LogP contribution in [0.5, 0.6) is 0 Å². The Morgan fingerprint density at radius 3 is 2.56 bits per heavy atom. The number of hydrogen-bond donors (Lipinski definition) is 3. The second-order valence-electron chi connectivity index (χ2n) is 6.30. The summed E-state index contributed by atoms with van der Waals surface area (Å²) in [6.45, 7) is 2.67. The molecule has 0 aliphatic heterocycles. The van der Waals surface area contributed by atoms with E-state index in [4.69, 9.17) is 5.73 Å². The van der Waals surface area contributed by atoms with Crippen molar-refractivity contribution >= 4 is 29.7 Å². The molecule has 2 atom stereocenters. The molecule has 0 saturated heterocycles. The Morgan fingerprint density at radius 1 is 1.28 bits per heavy atom. The first-order chi connectivity index (χ1) is 11.3. The quantitative estimate of drug-likeness (QED) is 0.641. The Balaban J connectivity index is 0.00000312. The Hall–Kier alpha value is -1.47. The van der Waals surface area contributed by atoms with Gasteiger partial charge in [0.25, 0.3) is 0 Å². The van der Waals surface area contributed by atoms with Crippen molar-refractivity contribution in [1.82, 2.24) is 0 Å². The van der Waals surface area contributed by atoms with E-state index in [1.165, 1.54) is 6.07 Å². The van der Waals surface area contributed by atoms with Crippen LogP contribution in [0.4, 0.5) is 24.5 Å². The first kappa shape index (κ1) is 21.6. The van der Waals surface area contributed by atoms with Crippen LogP contribution in [0.1, 0.15) is 44.6 Å². The summed E-state index contributed by atoms with van der Waals surface area (Å²) in [6, 6.07) is 3.37. The summed E-state index contributed by atoms with van der Waals surface area (Å²) in [6.07, 6.45) is -0.575. The monoisotopic (exact) mass is 379 g/mol. The minimum absolute atomic E-state index is 0. The van der Waals surface area contributed by atoms with Crippen molar-refractivity contribution < 1.29 is 18.0 Å². The van der Waals surface area contributed by atoms with Gasteiger partial charge in [-0.1, -0.05) is 13.3 Å². The molecule has 2 unspecified atom stereocenters. The van der Waals surface area contributed by atoms with Crippen molar-refractivity contribution in [3.63, 3.8) is 0 Å². The number of amides is 1. The van der Waals surface area contributed by atoms with E-state index in [0.717, 1.165) is 31.4 Å². The van der Waals surface area contributed by atoms with Gasteiger partial charge in [-0.15, -0.1) is 12.4 Å². The highest BCUT2D eigenvalue weighted by molar-refractivity contribution is 5.96. The fraction of sp³-hybridized carbons (Fsp3) is 0.588. The lowest BCUT2D eigenvalue weighted by molar-refractivity contribution is -0.137. The minimum atomic E-state index is -4.45. The number of carbonyl (C=O) groups excluding carboxylic acids is 1. The van der Waals surface area contributed by atoms with E-state index < -0.39 is 11.7 Å². The summed E-state index contributed by atoms with van der Waals surface area (Å²) in [5.41, 5.74) is 5.71. The third-order valence-electron chi connectivity index (χ3n) is 4.29. The van der Waals surface area contributed by atoms with Gasteiger partial charge in [0.1, 0.15) is 0 Å². The number of benzene rings is 1. The van der Waals surface area contributed by atoms with Crippen LogP contribution < -0.4 is 16.4 Å². The molecule has 142 valence electrons. The third kappa shape index (κ3) is 6.08. The van der Waals surface area contributed by atoms with Gasteiger partial charge < -0.3 is 16.4 Å². The van der Waals surface area contributed by atoms with E-state index in [9.17, 15) is 18.0 Å². The number of nitrogens with one attached hydrogen (secondary N) is 2. The maximum atomic E-state index is 12.9. The highest BCUT2D eigenvalue weighted by Gasteiger charge is 2.32. The smallest absolute Gasteiger partial charge is 0.383 e. The molecule has 25 heavy (non-hydrogen) atoms. The Kier molecular flexibility index (Phi) is 8.02. The molecule has 0 radical (unpaired) electrons. The largest absolute Gasteiger partial charge is 0.416 e. The van der Waals surface area contributed by atoms with Gasteiger partial charge in [-0.3, -0.25) is 4.79 Å². The molecule has 1 saturated carbocycles. The molecule has 0 heterocycles. The van der Waals surface area contributed by atoms with E-state index >= 15 is 0 Å². The van der Waals surface area contributed by atoms with Gasteiger partial charge in [0.05, 0.1) is 16.9 Å². The number of rotatable bonds is 6. The standard InChI is InChI=1S/C17H24F3N3O.ClH/c1-2-3-8-22-14-7-5-12(17(18,19)20)10-15(14)23-16(24)11-4-6-13(21)9-11;/h5,7,10-11,13,22H,2-4,6,8-9,21H2,1H3,(H,23,24);1H. The first-order valence-electron chi connectivity index (χ1n) is 8.32. The van der Waals surface area contributed by atoms with Gasteiger partial charge in [-0.25, -0.2) is 0 Å². The van der Waals surface area contributed by atoms with Crippen LogP contribution >= 0.6 is 12.4 Å². The maximum absolute atomic E-state index is 12.9. The zero-order valence-corrected chi connectivity index (χ0v) is 15.0. The summed E-state index contributed by atoms with van der Waals surface area (Å²) >= 11 is 0. The fourth-order valence-corrected chi connectivity index (χ4v) is 2.87. The van der Waals surface area contributed by atoms with Crippen molar-refractivity contribution in [3.8, 4) is 0 Å². The van der Waals surface area contributed by atoms with Crippen LogP contribution in [0, 0.1) is 5.92 Å². The molecule has 4 nitrogen and oxygen atoms in total. The molecule has 2 rings (SSSR count). The van der Waals surface area contributed by atoms with E-state index in [1.54, 1.807) is 0 Å². The van der Waals surface area contributed by atoms with Crippen LogP contribution in [0.15, 0.2) is 18.2 Å². The maximum Gasteiger partial charge on any atom is 0.416 e. The molecular weight excluding hydrogens is 355 g/mol. The van der Waals surface area contributed by atoms with Gasteiger partial charge >= 0.3 is 6.18 Å². The summed E-state index contributed by atoms with van der Waals surface area (Å²) in [5, 5.41) is 5.75. The van der Waals surface area contributed by atoms with Crippen LogP contribution in [0.2, 0.25) is 0 Å². The number of anilines is 2. The summed E-state index contributed by atoms with van der Waals surface area (Å²) in [7, 11) is 0. The molecule has 4 N–H and O–H groups in total. The molecule has 1 fully saturated rings. The van der Waals surface area contributed by atoms with E-state index in [1.807, 2.05) is 6.92 Å². The Labute approximate surface area is 152 Å². The summed E-state index contributed by atoms with van der Waals surface area (Å²) < 4.78 is 38.8. The highest BCUT2D eigenvalue weighted by Crippen LogP contribution is 2.35. The third-order valence-corrected chi connectivity index (χ3v) is 4.29. The molecule has 0 aromatic heterocycles. The van der Waals surface area contributed by atoms with Crippen LogP contribution in [-0.4, -0.2) is 18.5 Å². The second-order valence-corrected chi connectivity index (χ2v) is 6.30. The van der Waals surface area contributed by atoms with Gasteiger partial charge in [-0.05, 0) is 43.9 Å². The minimum Gasteiger partial charge on any atom is -0.383 e. The zero-order valence-electron chi connectivity index (χ0n) is 14.2. The van der Waals surface area contributed by atoms with Crippen molar-refractivity contribution in [1.29, 1.82) is 0 Å². The van der Waals surface area contributed by atoms with Gasteiger partial charge in [0.2, 0.25) is 5.91 Å². The predicted molar refractivity (Wildman–Crippen MR) is 96.0 cm³/mol. The van der Waals surface area contributed by atoms with Gasteiger partial charge in [-0.2, -0.15) is 13.2 Å². The molecular formula is C17H25ClF3N3O. The second kappa shape index (κ2) is 9.29. The van der Waals surface area contributed by atoms with Crippen LogP contribution in [-0.2, 0) is 11.0 Å².